The standard InChI is InChI=1S/C25H32N4O3/c1-18-13-23(27-19(2)26-18)25(31)28-14-22(32-17-20-9-5-3-6-10-20)15-29(24(30)16-28)21-11-7-4-8-12-21/h3,5-6,9-10,13,21-22H,4,7-8,11-12,14-17H2,1-2H3/t22-/m0/s1. The van der Waals surface area contributed by atoms with Crippen molar-refractivity contribution in [2.24, 2.45) is 0 Å². The molecular formula is C25H32N4O3. The highest BCUT2D eigenvalue weighted by Crippen LogP contribution is 2.25. The molecule has 1 saturated heterocycles. The van der Waals surface area contributed by atoms with Gasteiger partial charge in [0.05, 0.1) is 12.7 Å². The Hall–Kier alpha value is -2.80. The van der Waals surface area contributed by atoms with Crippen LogP contribution >= 0.6 is 0 Å². The molecule has 7 nitrogen and oxygen atoms in total. The fraction of sp³-hybridized carbons (Fsp3) is 0.520. The Morgan fingerprint density at radius 1 is 1.06 bits per heavy atom. The Balaban J connectivity index is 1.55. The van der Waals surface area contributed by atoms with Gasteiger partial charge in [0, 0.05) is 24.8 Å². The van der Waals surface area contributed by atoms with Gasteiger partial charge in [0.1, 0.15) is 18.1 Å². The molecule has 1 aliphatic carbocycles. The average molecular weight is 437 g/mol. The highest BCUT2D eigenvalue weighted by molar-refractivity contribution is 5.95. The van der Waals surface area contributed by atoms with Crippen LogP contribution in [0.25, 0.3) is 0 Å². The van der Waals surface area contributed by atoms with Crippen molar-refractivity contribution in [3.63, 3.8) is 0 Å². The van der Waals surface area contributed by atoms with Crippen molar-refractivity contribution in [3.05, 3.63) is 59.2 Å². The maximum absolute atomic E-state index is 13.3. The first kappa shape index (κ1) is 22.4. The lowest BCUT2D eigenvalue weighted by atomic mass is 9.94. The summed E-state index contributed by atoms with van der Waals surface area (Å²) in [4.78, 5) is 38.7. The van der Waals surface area contributed by atoms with Gasteiger partial charge in [-0.05, 0) is 38.3 Å². The Morgan fingerprint density at radius 2 is 1.81 bits per heavy atom. The molecule has 170 valence electrons. The van der Waals surface area contributed by atoms with Crippen molar-refractivity contribution in [2.75, 3.05) is 19.6 Å². The van der Waals surface area contributed by atoms with E-state index in [1.807, 2.05) is 42.2 Å². The van der Waals surface area contributed by atoms with Crippen LogP contribution in [0.15, 0.2) is 36.4 Å². The van der Waals surface area contributed by atoms with E-state index in [9.17, 15) is 9.59 Å². The van der Waals surface area contributed by atoms with Gasteiger partial charge >= 0.3 is 0 Å². The Kier molecular flexibility index (Phi) is 7.15. The molecule has 7 heteroatoms. The second-order valence-electron chi connectivity index (χ2n) is 8.88. The summed E-state index contributed by atoms with van der Waals surface area (Å²) in [5.41, 5.74) is 2.14. The lowest BCUT2D eigenvalue weighted by Gasteiger charge is -2.34. The number of aryl methyl sites for hydroxylation is 2. The predicted molar refractivity (Wildman–Crippen MR) is 121 cm³/mol. The van der Waals surface area contributed by atoms with Crippen LogP contribution in [0.5, 0.6) is 0 Å². The van der Waals surface area contributed by atoms with E-state index in [1.165, 1.54) is 6.42 Å². The number of amides is 2. The third-order valence-corrected chi connectivity index (χ3v) is 6.29. The van der Waals surface area contributed by atoms with Gasteiger partial charge in [-0.15, -0.1) is 0 Å². The van der Waals surface area contributed by atoms with Crippen LogP contribution in [0, 0.1) is 13.8 Å². The highest BCUT2D eigenvalue weighted by Gasteiger charge is 2.35. The summed E-state index contributed by atoms with van der Waals surface area (Å²) in [5, 5.41) is 0. The Bertz CT molecular complexity index is 923. The third kappa shape index (κ3) is 5.51. The lowest BCUT2D eigenvalue weighted by Crippen LogP contribution is -2.46. The van der Waals surface area contributed by atoms with E-state index in [2.05, 4.69) is 9.97 Å². The number of ether oxygens (including phenoxy) is 1. The van der Waals surface area contributed by atoms with E-state index >= 15 is 0 Å². The summed E-state index contributed by atoms with van der Waals surface area (Å²) in [5.74, 6) is 0.305. The van der Waals surface area contributed by atoms with Gasteiger partial charge < -0.3 is 14.5 Å². The third-order valence-electron chi connectivity index (χ3n) is 6.29. The smallest absolute Gasteiger partial charge is 0.273 e. The normalized spacial score (nSPS) is 20.3. The van der Waals surface area contributed by atoms with Crippen molar-refractivity contribution in [1.82, 2.24) is 19.8 Å². The van der Waals surface area contributed by atoms with Crippen LogP contribution in [0.3, 0.4) is 0 Å². The number of hydrogen-bond acceptors (Lipinski definition) is 5. The molecule has 2 aliphatic rings. The largest absolute Gasteiger partial charge is 0.370 e. The molecule has 2 aromatic rings. The van der Waals surface area contributed by atoms with Crippen LogP contribution in [0.2, 0.25) is 0 Å². The minimum absolute atomic E-state index is 0.00133. The molecule has 2 fully saturated rings. The zero-order chi connectivity index (χ0) is 22.5. The number of carbonyl (C=O) groups is 2. The summed E-state index contributed by atoms with van der Waals surface area (Å²) in [7, 11) is 0. The number of carbonyl (C=O) groups excluding carboxylic acids is 2. The minimum Gasteiger partial charge on any atom is -0.370 e. The van der Waals surface area contributed by atoms with Gasteiger partial charge in [0.2, 0.25) is 5.91 Å². The van der Waals surface area contributed by atoms with Crippen LogP contribution in [-0.4, -0.2) is 63.4 Å². The molecule has 2 amide bonds. The predicted octanol–water partition coefficient (Wildman–Crippen LogP) is 3.30. The van der Waals surface area contributed by atoms with E-state index in [1.54, 1.807) is 17.9 Å². The van der Waals surface area contributed by atoms with Gasteiger partial charge in [-0.25, -0.2) is 9.97 Å². The van der Waals surface area contributed by atoms with Crippen LogP contribution in [0.1, 0.15) is 59.7 Å². The second kappa shape index (κ2) is 10.2. The number of aromatic nitrogens is 2. The number of nitrogens with zero attached hydrogens (tertiary/aromatic N) is 4. The summed E-state index contributed by atoms with van der Waals surface area (Å²) in [6.07, 6.45) is 5.31. The van der Waals surface area contributed by atoms with Gasteiger partial charge in [-0.2, -0.15) is 0 Å². The molecule has 1 atom stereocenters. The van der Waals surface area contributed by atoms with E-state index < -0.39 is 0 Å². The maximum Gasteiger partial charge on any atom is 0.273 e. The molecule has 1 aromatic carbocycles. The summed E-state index contributed by atoms with van der Waals surface area (Å²) in [6, 6.07) is 11.9. The van der Waals surface area contributed by atoms with Gasteiger partial charge in [0.15, 0.2) is 0 Å². The minimum atomic E-state index is -0.253. The molecular weight excluding hydrogens is 404 g/mol. The van der Waals surface area contributed by atoms with E-state index in [-0.39, 0.29) is 30.5 Å². The van der Waals surface area contributed by atoms with Gasteiger partial charge in [-0.1, -0.05) is 49.6 Å². The van der Waals surface area contributed by atoms with Crippen LogP contribution in [0.4, 0.5) is 0 Å². The second-order valence-corrected chi connectivity index (χ2v) is 8.88. The Morgan fingerprint density at radius 3 is 2.53 bits per heavy atom. The van der Waals surface area contributed by atoms with E-state index in [0.29, 0.717) is 31.2 Å². The van der Waals surface area contributed by atoms with Gasteiger partial charge in [0.25, 0.3) is 5.91 Å². The Labute approximate surface area is 189 Å². The monoisotopic (exact) mass is 436 g/mol. The highest BCUT2D eigenvalue weighted by atomic mass is 16.5. The summed E-state index contributed by atoms with van der Waals surface area (Å²) in [6.45, 7) is 5.00. The molecule has 2 heterocycles. The average Bonchev–Trinajstić information content (AvgIpc) is 2.96. The quantitative estimate of drug-likeness (QED) is 0.719. The molecule has 0 unspecified atom stereocenters. The van der Waals surface area contributed by atoms with Crippen molar-refractivity contribution < 1.29 is 14.3 Å². The zero-order valence-corrected chi connectivity index (χ0v) is 19.0. The van der Waals surface area contributed by atoms with Gasteiger partial charge in [-0.3, -0.25) is 9.59 Å². The first-order valence-corrected chi connectivity index (χ1v) is 11.6. The molecule has 0 spiro atoms. The zero-order valence-electron chi connectivity index (χ0n) is 19.0. The topological polar surface area (TPSA) is 75.6 Å². The molecule has 1 aliphatic heterocycles. The van der Waals surface area contributed by atoms with Crippen LogP contribution in [-0.2, 0) is 16.1 Å². The molecule has 0 radical (unpaired) electrons. The molecule has 0 bridgehead atoms. The molecule has 1 aromatic heterocycles. The van der Waals surface area contributed by atoms with Crippen molar-refractivity contribution in [2.45, 2.75) is 64.7 Å². The van der Waals surface area contributed by atoms with Crippen molar-refractivity contribution >= 4 is 11.8 Å². The lowest BCUT2D eigenvalue weighted by molar-refractivity contribution is -0.134. The fourth-order valence-corrected chi connectivity index (χ4v) is 4.73. The van der Waals surface area contributed by atoms with E-state index in [0.717, 1.165) is 36.9 Å². The van der Waals surface area contributed by atoms with Crippen molar-refractivity contribution in [3.8, 4) is 0 Å². The number of hydrogen-bond donors (Lipinski definition) is 0. The number of rotatable bonds is 5. The first-order chi connectivity index (χ1) is 15.5. The first-order valence-electron chi connectivity index (χ1n) is 11.6. The summed E-state index contributed by atoms with van der Waals surface area (Å²) >= 11 is 0. The van der Waals surface area contributed by atoms with Crippen LogP contribution < -0.4 is 0 Å². The molecule has 4 rings (SSSR count). The SMILES string of the molecule is Cc1cc(C(=O)N2CC(=O)N(C3CCCCC3)C[C@@H](OCc3ccccc3)C2)nc(C)n1. The maximum atomic E-state index is 13.3. The van der Waals surface area contributed by atoms with Crippen molar-refractivity contribution in [1.29, 1.82) is 0 Å². The molecule has 1 saturated carbocycles. The molecule has 0 N–H and O–H groups in total. The number of benzene rings is 1. The fourth-order valence-electron chi connectivity index (χ4n) is 4.73. The summed E-state index contributed by atoms with van der Waals surface area (Å²) < 4.78 is 6.26. The molecule has 32 heavy (non-hydrogen) atoms. The van der Waals surface area contributed by atoms with E-state index in [4.69, 9.17) is 4.74 Å².